The fourth-order valence-corrected chi connectivity index (χ4v) is 2.08. The van der Waals surface area contributed by atoms with E-state index in [0.29, 0.717) is 12.5 Å². The van der Waals surface area contributed by atoms with Crippen molar-refractivity contribution in [1.29, 1.82) is 0 Å². The molecule has 0 heterocycles. The van der Waals surface area contributed by atoms with Gasteiger partial charge in [-0.3, -0.25) is 4.79 Å². The molecule has 16 heavy (non-hydrogen) atoms. The molecule has 1 aliphatic rings. The molecule has 3 nitrogen and oxygen atoms in total. The van der Waals surface area contributed by atoms with Gasteiger partial charge in [0.05, 0.1) is 5.92 Å². The van der Waals surface area contributed by atoms with E-state index in [1.165, 1.54) is 6.42 Å². The summed E-state index contributed by atoms with van der Waals surface area (Å²) in [5, 5.41) is 3.03. The Morgan fingerprint density at radius 2 is 2.06 bits per heavy atom. The average molecular weight is 226 g/mol. The topological polar surface area (TPSA) is 55.1 Å². The molecule has 0 aromatic carbocycles. The van der Waals surface area contributed by atoms with Crippen molar-refractivity contribution in [2.45, 2.75) is 40.5 Å². The first-order valence-corrected chi connectivity index (χ1v) is 6.31. The van der Waals surface area contributed by atoms with E-state index >= 15 is 0 Å². The smallest absolute Gasteiger partial charge is 0.224 e. The van der Waals surface area contributed by atoms with Gasteiger partial charge in [0.25, 0.3) is 0 Å². The Hall–Kier alpha value is -0.570. The Balaban J connectivity index is 2.31. The zero-order chi connectivity index (χ0) is 12.3. The van der Waals surface area contributed by atoms with Gasteiger partial charge in [0.1, 0.15) is 0 Å². The third kappa shape index (κ3) is 4.52. The van der Waals surface area contributed by atoms with E-state index in [4.69, 9.17) is 5.73 Å². The van der Waals surface area contributed by atoms with Crippen molar-refractivity contribution in [3.05, 3.63) is 0 Å². The van der Waals surface area contributed by atoms with Gasteiger partial charge < -0.3 is 11.1 Å². The molecule has 3 atom stereocenters. The van der Waals surface area contributed by atoms with Gasteiger partial charge in [0, 0.05) is 13.1 Å². The third-order valence-electron chi connectivity index (χ3n) is 3.33. The SMILES string of the molecule is CC1CC1CNC(=O)C(CN)CC(C)(C)C. The molecule has 94 valence electrons. The van der Waals surface area contributed by atoms with Gasteiger partial charge >= 0.3 is 0 Å². The first-order chi connectivity index (χ1) is 7.33. The van der Waals surface area contributed by atoms with Crippen LogP contribution in [0.15, 0.2) is 0 Å². The molecule has 0 aromatic rings. The summed E-state index contributed by atoms with van der Waals surface area (Å²) in [6.07, 6.45) is 2.11. The summed E-state index contributed by atoms with van der Waals surface area (Å²) in [5.41, 5.74) is 5.83. The Bertz CT molecular complexity index is 245. The highest BCUT2D eigenvalue weighted by molar-refractivity contribution is 5.78. The van der Waals surface area contributed by atoms with Crippen molar-refractivity contribution < 1.29 is 4.79 Å². The minimum atomic E-state index is -0.0333. The minimum Gasteiger partial charge on any atom is -0.356 e. The number of carbonyl (C=O) groups is 1. The van der Waals surface area contributed by atoms with Crippen molar-refractivity contribution >= 4 is 5.91 Å². The summed E-state index contributed by atoms with van der Waals surface area (Å²) >= 11 is 0. The number of hydrogen-bond acceptors (Lipinski definition) is 2. The van der Waals surface area contributed by atoms with Crippen LogP contribution in [0.4, 0.5) is 0 Å². The third-order valence-corrected chi connectivity index (χ3v) is 3.33. The molecule has 1 saturated carbocycles. The van der Waals surface area contributed by atoms with Crippen LogP contribution in [0.5, 0.6) is 0 Å². The Labute approximate surface area is 99.2 Å². The average Bonchev–Trinajstić information content (AvgIpc) is 2.86. The fourth-order valence-electron chi connectivity index (χ4n) is 2.08. The first kappa shape index (κ1) is 13.5. The predicted octanol–water partition coefficient (Wildman–Crippen LogP) is 1.77. The summed E-state index contributed by atoms with van der Waals surface area (Å²) in [7, 11) is 0. The van der Waals surface area contributed by atoms with Gasteiger partial charge in [-0.25, -0.2) is 0 Å². The molecule has 0 bridgehead atoms. The second-order valence-electron chi connectivity index (χ2n) is 6.42. The first-order valence-electron chi connectivity index (χ1n) is 6.31. The summed E-state index contributed by atoms with van der Waals surface area (Å²) in [6, 6.07) is 0. The van der Waals surface area contributed by atoms with Gasteiger partial charge in [0.15, 0.2) is 0 Å². The lowest BCUT2D eigenvalue weighted by atomic mass is 9.84. The molecular weight excluding hydrogens is 200 g/mol. The highest BCUT2D eigenvalue weighted by Gasteiger charge is 2.33. The van der Waals surface area contributed by atoms with Crippen molar-refractivity contribution in [3.8, 4) is 0 Å². The van der Waals surface area contributed by atoms with E-state index in [1.807, 2.05) is 0 Å². The standard InChI is InChI=1S/C13H26N2O/c1-9-5-10(9)8-15-12(16)11(7-14)6-13(2,3)4/h9-11H,5-8,14H2,1-4H3,(H,15,16). The van der Waals surface area contributed by atoms with Crippen LogP contribution in [-0.2, 0) is 4.79 Å². The lowest BCUT2D eigenvalue weighted by molar-refractivity contribution is -0.125. The van der Waals surface area contributed by atoms with Crippen LogP contribution in [0.3, 0.4) is 0 Å². The van der Waals surface area contributed by atoms with E-state index in [2.05, 4.69) is 33.0 Å². The van der Waals surface area contributed by atoms with Crippen LogP contribution < -0.4 is 11.1 Å². The normalized spacial score (nSPS) is 26.3. The van der Waals surface area contributed by atoms with Gasteiger partial charge in [-0.2, -0.15) is 0 Å². The molecule has 0 saturated heterocycles. The molecule has 1 fully saturated rings. The van der Waals surface area contributed by atoms with Gasteiger partial charge in [-0.05, 0) is 30.1 Å². The Kier molecular flexibility index (Phi) is 4.36. The molecular formula is C13H26N2O. The van der Waals surface area contributed by atoms with E-state index in [-0.39, 0.29) is 17.2 Å². The minimum absolute atomic E-state index is 0.0333. The van der Waals surface area contributed by atoms with Crippen molar-refractivity contribution in [3.63, 3.8) is 0 Å². The van der Waals surface area contributed by atoms with Crippen LogP contribution in [-0.4, -0.2) is 19.0 Å². The van der Waals surface area contributed by atoms with Gasteiger partial charge in [-0.1, -0.05) is 27.7 Å². The molecule has 0 radical (unpaired) electrons. The van der Waals surface area contributed by atoms with Crippen LogP contribution in [0, 0.1) is 23.2 Å². The molecule has 3 heteroatoms. The van der Waals surface area contributed by atoms with Crippen LogP contribution in [0.2, 0.25) is 0 Å². The van der Waals surface area contributed by atoms with Crippen LogP contribution in [0.1, 0.15) is 40.5 Å². The van der Waals surface area contributed by atoms with Crippen LogP contribution in [0.25, 0.3) is 0 Å². The second-order valence-corrected chi connectivity index (χ2v) is 6.42. The Morgan fingerprint density at radius 1 is 1.50 bits per heavy atom. The van der Waals surface area contributed by atoms with Crippen LogP contribution >= 0.6 is 0 Å². The maximum atomic E-state index is 11.9. The molecule has 0 aromatic heterocycles. The zero-order valence-electron chi connectivity index (χ0n) is 11.0. The monoisotopic (exact) mass is 226 g/mol. The van der Waals surface area contributed by atoms with Gasteiger partial charge in [0.2, 0.25) is 5.91 Å². The molecule has 1 aliphatic carbocycles. The van der Waals surface area contributed by atoms with E-state index in [0.717, 1.165) is 18.9 Å². The maximum Gasteiger partial charge on any atom is 0.224 e. The number of nitrogens with one attached hydrogen (secondary N) is 1. The summed E-state index contributed by atoms with van der Waals surface area (Å²) in [5.74, 6) is 1.60. The summed E-state index contributed by atoms with van der Waals surface area (Å²) < 4.78 is 0. The number of carbonyl (C=O) groups excluding carboxylic acids is 1. The van der Waals surface area contributed by atoms with E-state index in [9.17, 15) is 4.79 Å². The largest absolute Gasteiger partial charge is 0.356 e. The second kappa shape index (κ2) is 5.17. The highest BCUT2D eigenvalue weighted by Crippen LogP contribution is 2.36. The Morgan fingerprint density at radius 3 is 2.44 bits per heavy atom. The zero-order valence-corrected chi connectivity index (χ0v) is 11.0. The molecule has 0 spiro atoms. The quantitative estimate of drug-likeness (QED) is 0.750. The van der Waals surface area contributed by atoms with E-state index < -0.39 is 0 Å². The molecule has 3 unspecified atom stereocenters. The predicted molar refractivity (Wildman–Crippen MR) is 66.9 cm³/mol. The lowest BCUT2D eigenvalue weighted by Gasteiger charge is -2.24. The maximum absolute atomic E-state index is 11.9. The lowest BCUT2D eigenvalue weighted by Crippen LogP contribution is -2.38. The summed E-state index contributed by atoms with van der Waals surface area (Å²) in [6.45, 7) is 9.94. The number of nitrogens with two attached hydrogens (primary N) is 1. The molecule has 1 rings (SSSR count). The molecule has 3 N–H and O–H groups in total. The summed E-state index contributed by atoms with van der Waals surface area (Å²) in [4.78, 5) is 11.9. The molecule has 0 aliphatic heterocycles. The van der Waals surface area contributed by atoms with Crippen molar-refractivity contribution in [1.82, 2.24) is 5.32 Å². The van der Waals surface area contributed by atoms with E-state index in [1.54, 1.807) is 0 Å². The van der Waals surface area contributed by atoms with Gasteiger partial charge in [-0.15, -0.1) is 0 Å². The number of hydrogen-bond donors (Lipinski definition) is 2. The number of amides is 1. The highest BCUT2D eigenvalue weighted by atomic mass is 16.1. The number of rotatable bonds is 5. The molecule has 1 amide bonds. The van der Waals surface area contributed by atoms with Crippen molar-refractivity contribution in [2.75, 3.05) is 13.1 Å². The fraction of sp³-hybridized carbons (Fsp3) is 0.923. The van der Waals surface area contributed by atoms with Crippen molar-refractivity contribution in [2.24, 2.45) is 28.9 Å².